The molecule has 1 aliphatic rings. The monoisotopic (exact) mass is 610 g/mol. The largest absolute Gasteiger partial charge is 0.0616 e. The molecular weight excluding hydrogens is 584 g/mol. The lowest BCUT2D eigenvalue weighted by Crippen LogP contribution is -2.21. The summed E-state index contributed by atoms with van der Waals surface area (Å²) in [5, 5.41) is 10.4. The molecule has 0 aliphatic heterocycles. The van der Waals surface area contributed by atoms with Gasteiger partial charge in [0.15, 0.2) is 0 Å². The van der Waals surface area contributed by atoms with Crippen LogP contribution in [0, 0.1) is 0 Å². The van der Waals surface area contributed by atoms with E-state index < -0.39 is 0 Å². The first-order valence-electron chi connectivity index (χ1n) is 14.9. The van der Waals surface area contributed by atoms with Gasteiger partial charge in [-0.2, -0.15) is 0 Å². The third-order valence-corrected chi connectivity index (χ3v) is 9.97. The van der Waals surface area contributed by atoms with E-state index in [0.29, 0.717) is 0 Å². The SMILES string of the molecule is Brc1ccc2c(c1)C(c1ccc3ccccc3c1)c1c(c3ccccc3c3ccccc13)C2c1ccc2ccccc2c1. The van der Waals surface area contributed by atoms with E-state index in [9.17, 15) is 0 Å². The summed E-state index contributed by atoms with van der Waals surface area (Å²) >= 11 is 3.87. The minimum Gasteiger partial charge on any atom is -0.0616 e. The Hall–Kier alpha value is -4.72. The number of fused-ring (bicyclic) bond motifs is 9. The molecule has 0 radical (unpaired) electrons. The Labute approximate surface area is 259 Å². The van der Waals surface area contributed by atoms with Gasteiger partial charge in [-0.25, -0.2) is 0 Å². The third kappa shape index (κ3) is 3.82. The second kappa shape index (κ2) is 9.66. The first kappa shape index (κ1) is 24.8. The number of rotatable bonds is 2. The molecule has 0 N–H and O–H groups in total. The maximum Gasteiger partial charge on any atom is 0.0353 e. The van der Waals surface area contributed by atoms with Crippen molar-refractivity contribution < 1.29 is 0 Å². The van der Waals surface area contributed by atoms with Gasteiger partial charge in [-0.1, -0.05) is 155 Å². The summed E-state index contributed by atoms with van der Waals surface area (Å²) in [7, 11) is 0. The standard InChI is InChI=1S/C42H27Br/c43-32-21-22-37-38(25-32)40(31-20-18-27-10-2-4-12-29(27)24-31)42-36-16-8-6-14-34(36)33-13-5-7-15-35(33)41(42)39(37)30-19-17-26-9-1-3-11-28(26)23-30/h1-25,39-40H. The van der Waals surface area contributed by atoms with Crippen molar-refractivity contribution in [3.8, 4) is 0 Å². The first-order valence-corrected chi connectivity index (χ1v) is 15.7. The molecule has 1 heteroatoms. The summed E-state index contributed by atoms with van der Waals surface area (Å²) in [6, 6.07) is 56.5. The summed E-state index contributed by atoms with van der Waals surface area (Å²) in [6.07, 6.45) is 0. The number of halogens is 1. The van der Waals surface area contributed by atoms with Crippen molar-refractivity contribution >= 4 is 59.0 Å². The minimum absolute atomic E-state index is 0.0957. The molecule has 2 atom stereocenters. The highest BCUT2D eigenvalue weighted by molar-refractivity contribution is 9.10. The van der Waals surface area contributed by atoms with E-state index in [-0.39, 0.29) is 11.8 Å². The number of benzene rings is 8. The lowest BCUT2D eigenvalue weighted by molar-refractivity contribution is 0.837. The van der Waals surface area contributed by atoms with Crippen LogP contribution in [0.2, 0.25) is 0 Å². The van der Waals surface area contributed by atoms with Crippen LogP contribution in [0.3, 0.4) is 0 Å². The van der Waals surface area contributed by atoms with E-state index in [1.807, 2.05) is 0 Å². The summed E-state index contributed by atoms with van der Waals surface area (Å²) in [5.74, 6) is 0.201. The average molecular weight is 612 g/mol. The number of hydrogen-bond donors (Lipinski definition) is 0. The van der Waals surface area contributed by atoms with Gasteiger partial charge in [0.05, 0.1) is 0 Å². The fourth-order valence-corrected chi connectivity index (χ4v) is 8.03. The van der Waals surface area contributed by atoms with E-state index in [1.54, 1.807) is 0 Å². The van der Waals surface area contributed by atoms with Crippen LogP contribution in [0.25, 0.3) is 43.1 Å². The molecular formula is C42H27Br. The molecule has 1 aliphatic carbocycles. The second-order valence-corrected chi connectivity index (χ2v) is 12.7. The highest BCUT2D eigenvalue weighted by atomic mass is 79.9. The van der Waals surface area contributed by atoms with Gasteiger partial charge >= 0.3 is 0 Å². The molecule has 43 heavy (non-hydrogen) atoms. The lowest BCUT2D eigenvalue weighted by atomic mass is 9.65. The highest BCUT2D eigenvalue weighted by Gasteiger charge is 2.37. The Morgan fingerprint density at radius 2 is 0.791 bits per heavy atom. The number of hydrogen-bond acceptors (Lipinski definition) is 0. The van der Waals surface area contributed by atoms with Crippen molar-refractivity contribution in [1.82, 2.24) is 0 Å². The second-order valence-electron chi connectivity index (χ2n) is 11.8. The topological polar surface area (TPSA) is 0 Å². The van der Waals surface area contributed by atoms with E-state index >= 15 is 0 Å². The Morgan fingerprint density at radius 3 is 1.33 bits per heavy atom. The zero-order valence-electron chi connectivity index (χ0n) is 23.5. The van der Waals surface area contributed by atoms with E-state index in [4.69, 9.17) is 0 Å². The van der Waals surface area contributed by atoms with Crippen LogP contribution in [0.1, 0.15) is 45.2 Å². The highest BCUT2D eigenvalue weighted by Crippen LogP contribution is 2.54. The molecule has 0 fully saturated rings. The van der Waals surface area contributed by atoms with Crippen LogP contribution in [0.15, 0.2) is 156 Å². The van der Waals surface area contributed by atoms with Gasteiger partial charge in [0, 0.05) is 16.3 Å². The van der Waals surface area contributed by atoms with Gasteiger partial charge in [-0.05, 0) is 88.6 Å². The molecule has 0 amide bonds. The van der Waals surface area contributed by atoms with E-state index in [1.165, 1.54) is 76.5 Å². The van der Waals surface area contributed by atoms with Crippen LogP contribution in [-0.4, -0.2) is 0 Å². The quantitative estimate of drug-likeness (QED) is 0.171. The van der Waals surface area contributed by atoms with Crippen LogP contribution in [0.5, 0.6) is 0 Å². The van der Waals surface area contributed by atoms with Gasteiger partial charge in [-0.3, -0.25) is 0 Å². The zero-order valence-corrected chi connectivity index (χ0v) is 25.1. The van der Waals surface area contributed by atoms with Crippen LogP contribution >= 0.6 is 15.9 Å². The van der Waals surface area contributed by atoms with Crippen molar-refractivity contribution in [2.24, 2.45) is 0 Å². The maximum atomic E-state index is 3.87. The van der Waals surface area contributed by atoms with Crippen molar-refractivity contribution in [1.29, 1.82) is 0 Å². The zero-order chi connectivity index (χ0) is 28.5. The fourth-order valence-electron chi connectivity index (χ4n) is 7.65. The minimum atomic E-state index is 0.0957. The lowest BCUT2D eigenvalue weighted by Gasteiger charge is -2.37. The Morgan fingerprint density at radius 1 is 0.349 bits per heavy atom. The summed E-state index contributed by atoms with van der Waals surface area (Å²) in [5.41, 5.74) is 8.27. The fraction of sp³-hybridized carbons (Fsp3) is 0.0476. The first-order chi connectivity index (χ1) is 21.2. The third-order valence-electron chi connectivity index (χ3n) is 9.48. The molecule has 0 heterocycles. The molecule has 202 valence electrons. The van der Waals surface area contributed by atoms with E-state index in [0.717, 1.165) is 4.47 Å². The Bertz CT molecular complexity index is 2380. The van der Waals surface area contributed by atoms with Crippen LogP contribution < -0.4 is 0 Å². The molecule has 9 rings (SSSR count). The van der Waals surface area contributed by atoms with Crippen molar-refractivity contribution in [3.63, 3.8) is 0 Å². The Kier molecular flexibility index (Phi) is 5.58. The van der Waals surface area contributed by atoms with Crippen molar-refractivity contribution in [2.45, 2.75) is 11.8 Å². The molecule has 0 nitrogen and oxygen atoms in total. The van der Waals surface area contributed by atoms with Gasteiger partial charge in [0.25, 0.3) is 0 Å². The maximum absolute atomic E-state index is 3.87. The molecule has 8 aromatic carbocycles. The summed E-state index contributed by atoms with van der Waals surface area (Å²) < 4.78 is 1.11. The molecule has 2 unspecified atom stereocenters. The van der Waals surface area contributed by atoms with Gasteiger partial charge in [-0.15, -0.1) is 0 Å². The van der Waals surface area contributed by atoms with Gasteiger partial charge in [0.2, 0.25) is 0 Å². The summed E-state index contributed by atoms with van der Waals surface area (Å²) in [6.45, 7) is 0. The van der Waals surface area contributed by atoms with E-state index in [2.05, 4.69) is 168 Å². The molecule has 0 aromatic heterocycles. The molecule has 0 saturated carbocycles. The normalized spacial score (nSPS) is 16.0. The van der Waals surface area contributed by atoms with Crippen LogP contribution in [-0.2, 0) is 0 Å². The van der Waals surface area contributed by atoms with Gasteiger partial charge in [0.1, 0.15) is 0 Å². The summed E-state index contributed by atoms with van der Waals surface area (Å²) in [4.78, 5) is 0. The van der Waals surface area contributed by atoms with Gasteiger partial charge < -0.3 is 0 Å². The smallest absolute Gasteiger partial charge is 0.0353 e. The predicted molar refractivity (Wildman–Crippen MR) is 185 cm³/mol. The van der Waals surface area contributed by atoms with Crippen LogP contribution in [0.4, 0.5) is 0 Å². The molecule has 0 saturated heterocycles. The molecule has 8 aromatic rings. The van der Waals surface area contributed by atoms with Crippen molar-refractivity contribution in [2.75, 3.05) is 0 Å². The Balaban J connectivity index is 1.46. The average Bonchev–Trinajstić information content (AvgIpc) is 3.07. The van der Waals surface area contributed by atoms with Crippen molar-refractivity contribution in [3.05, 3.63) is 190 Å². The molecule has 0 spiro atoms. The molecule has 0 bridgehead atoms. The predicted octanol–water partition coefficient (Wildman–Crippen LogP) is 11.7.